The van der Waals surface area contributed by atoms with Gasteiger partial charge in [0.15, 0.2) is 6.10 Å². The van der Waals surface area contributed by atoms with E-state index in [-0.39, 0.29) is 25.2 Å². The molecule has 0 rings (SSSR count). The predicted molar refractivity (Wildman–Crippen MR) is 270 cm³/mol. The topological polar surface area (TPSA) is 61.8 Å². The summed E-state index contributed by atoms with van der Waals surface area (Å²) < 4.78 is 17.4. The zero-order valence-electron chi connectivity index (χ0n) is 41.9. The van der Waals surface area contributed by atoms with Gasteiger partial charge >= 0.3 is 11.9 Å². The Morgan fingerprint density at radius 3 is 1.11 bits per heavy atom. The minimum atomic E-state index is -0.535. The molecule has 5 heteroatoms. The van der Waals surface area contributed by atoms with Gasteiger partial charge < -0.3 is 14.2 Å². The molecule has 0 aromatic heterocycles. The van der Waals surface area contributed by atoms with Crippen molar-refractivity contribution in [2.75, 3.05) is 19.8 Å². The molecule has 0 aliphatic rings. The predicted octanol–water partition coefficient (Wildman–Crippen LogP) is 18.6. The molecule has 62 heavy (non-hydrogen) atoms. The molecule has 0 amide bonds. The monoisotopic (exact) mass is 871 g/mol. The molecular formula is C57H106O5. The van der Waals surface area contributed by atoms with Crippen molar-refractivity contribution < 1.29 is 23.8 Å². The molecule has 0 N–H and O–H groups in total. The van der Waals surface area contributed by atoms with Gasteiger partial charge in [0.25, 0.3) is 0 Å². The number of unbranched alkanes of at least 4 members (excludes halogenated alkanes) is 34. The summed E-state index contributed by atoms with van der Waals surface area (Å²) in [5.74, 6) is -0.386. The SMILES string of the molecule is CCCCC/C=C\C/C=C\C/C=C\CCCCCCCCCOCC(COC(=O)CCCCCCCCCCCCCCCCC)OC(=O)CCCCCCCCCCCCC. The van der Waals surface area contributed by atoms with Gasteiger partial charge in [-0.2, -0.15) is 0 Å². The van der Waals surface area contributed by atoms with Crippen LogP contribution in [0, 0.1) is 0 Å². The first-order valence-corrected chi connectivity index (χ1v) is 27.5. The fourth-order valence-electron chi connectivity index (χ4n) is 8.05. The summed E-state index contributed by atoms with van der Waals surface area (Å²) in [6.07, 6.45) is 64.4. The molecule has 0 aliphatic carbocycles. The van der Waals surface area contributed by atoms with Gasteiger partial charge in [-0.1, -0.05) is 256 Å². The Hall–Kier alpha value is -1.88. The third-order valence-corrected chi connectivity index (χ3v) is 12.2. The molecule has 0 aromatic carbocycles. The van der Waals surface area contributed by atoms with Gasteiger partial charge in [0, 0.05) is 19.4 Å². The van der Waals surface area contributed by atoms with Gasteiger partial charge in [-0.3, -0.25) is 9.59 Å². The number of esters is 2. The van der Waals surface area contributed by atoms with Gasteiger partial charge in [-0.15, -0.1) is 0 Å². The van der Waals surface area contributed by atoms with E-state index in [0.29, 0.717) is 19.4 Å². The smallest absolute Gasteiger partial charge is 0.306 e. The van der Waals surface area contributed by atoms with E-state index in [1.54, 1.807) is 0 Å². The van der Waals surface area contributed by atoms with Gasteiger partial charge in [0.2, 0.25) is 0 Å². The molecule has 0 heterocycles. The number of ether oxygens (including phenoxy) is 3. The summed E-state index contributed by atoms with van der Waals surface area (Å²) in [5.41, 5.74) is 0. The van der Waals surface area contributed by atoms with E-state index in [0.717, 1.165) is 51.4 Å². The number of rotatable bonds is 51. The maximum absolute atomic E-state index is 12.8. The highest BCUT2D eigenvalue weighted by Gasteiger charge is 2.17. The lowest BCUT2D eigenvalue weighted by atomic mass is 10.0. The molecule has 0 radical (unpaired) electrons. The number of hydrogen-bond acceptors (Lipinski definition) is 5. The third-order valence-electron chi connectivity index (χ3n) is 12.2. The molecule has 0 fully saturated rings. The molecule has 0 saturated carbocycles. The summed E-state index contributed by atoms with van der Waals surface area (Å²) in [4.78, 5) is 25.4. The van der Waals surface area contributed by atoms with Crippen molar-refractivity contribution in [3.63, 3.8) is 0 Å². The van der Waals surface area contributed by atoms with Crippen molar-refractivity contribution in [1.82, 2.24) is 0 Å². The maximum Gasteiger partial charge on any atom is 0.306 e. The lowest BCUT2D eigenvalue weighted by molar-refractivity contribution is -0.163. The van der Waals surface area contributed by atoms with Crippen LogP contribution in [0.1, 0.15) is 290 Å². The van der Waals surface area contributed by atoms with Crippen LogP contribution in [0.15, 0.2) is 36.5 Å². The lowest BCUT2D eigenvalue weighted by Crippen LogP contribution is -2.30. The second-order valence-electron chi connectivity index (χ2n) is 18.5. The van der Waals surface area contributed by atoms with Crippen molar-refractivity contribution >= 4 is 11.9 Å². The average molecular weight is 871 g/mol. The molecule has 0 saturated heterocycles. The highest BCUT2D eigenvalue weighted by Crippen LogP contribution is 2.16. The molecule has 0 spiro atoms. The lowest BCUT2D eigenvalue weighted by Gasteiger charge is -2.18. The Morgan fingerprint density at radius 2 is 0.677 bits per heavy atom. The summed E-state index contributed by atoms with van der Waals surface area (Å²) in [5, 5.41) is 0. The van der Waals surface area contributed by atoms with E-state index < -0.39 is 6.10 Å². The first-order valence-electron chi connectivity index (χ1n) is 27.5. The van der Waals surface area contributed by atoms with Crippen molar-refractivity contribution in [3.05, 3.63) is 36.5 Å². The van der Waals surface area contributed by atoms with Crippen LogP contribution in [-0.4, -0.2) is 37.9 Å². The van der Waals surface area contributed by atoms with Crippen LogP contribution in [-0.2, 0) is 23.8 Å². The van der Waals surface area contributed by atoms with E-state index in [1.165, 1.54) is 205 Å². The summed E-state index contributed by atoms with van der Waals surface area (Å²) in [6.45, 7) is 7.82. The highest BCUT2D eigenvalue weighted by molar-refractivity contribution is 5.70. The standard InChI is InChI=1S/C57H106O5/c1-4-7-10-13-16-19-22-24-26-27-28-29-30-32-34-37-40-43-46-49-52-60-53-55(62-57(59)51-48-45-42-39-35-21-18-15-12-9-6-3)54-61-56(58)50-47-44-41-38-36-33-31-25-23-20-17-14-11-8-5-2/h16,19,24,26,28-29,55H,4-15,17-18,20-23,25,27,30-54H2,1-3H3/b19-16-,26-24-,29-28-. The van der Waals surface area contributed by atoms with E-state index in [9.17, 15) is 9.59 Å². The van der Waals surface area contributed by atoms with Crippen LogP contribution in [0.25, 0.3) is 0 Å². The molecule has 0 bridgehead atoms. The first-order chi connectivity index (χ1) is 30.6. The van der Waals surface area contributed by atoms with Crippen LogP contribution < -0.4 is 0 Å². The molecule has 1 atom stereocenters. The van der Waals surface area contributed by atoms with Crippen molar-refractivity contribution in [3.8, 4) is 0 Å². The van der Waals surface area contributed by atoms with Crippen LogP contribution in [0.3, 0.4) is 0 Å². The maximum atomic E-state index is 12.8. The van der Waals surface area contributed by atoms with Crippen LogP contribution in [0.4, 0.5) is 0 Å². The molecule has 0 aliphatic heterocycles. The fourth-order valence-corrected chi connectivity index (χ4v) is 8.05. The Kier molecular flexibility index (Phi) is 51.8. The largest absolute Gasteiger partial charge is 0.462 e. The van der Waals surface area contributed by atoms with Gasteiger partial charge in [-0.25, -0.2) is 0 Å². The number of carbonyl (C=O) groups is 2. The molecular weight excluding hydrogens is 765 g/mol. The zero-order chi connectivity index (χ0) is 44.9. The van der Waals surface area contributed by atoms with E-state index >= 15 is 0 Å². The van der Waals surface area contributed by atoms with Gasteiger partial charge in [0.05, 0.1) is 6.61 Å². The Bertz CT molecular complexity index is 986. The van der Waals surface area contributed by atoms with Crippen LogP contribution in [0.5, 0.6) is 0 Å². The molecule has 5 nitrogen and oxygen atoms in total. The van der Waals surface area contributed by atoms with E-state index in [4.69, 9.17) is 14.2 Å². The normalized spacial score (nSPS) is 12.4. The van der Waals surface area contributed by atoms with Gasteiger partial charge in [0.1, 0.15) is 6.61 Å². The third kappa shape index (κ3) is 50.8. The number of hydrogen-bond donors (Lipinski definition) is 0. The Labute approximate surface area is 387 Å². The number of allylic oxidation sites excluding steroid dienone is 6. The summed E-state index contributed by atoms with van der Waals surface area (Å²) >= 11 is 0. The van der Waals surface area contributed by atoms with Crippen molar-refractivity contribution in [2.45, 2.75) is 297 Å². The van der Waals surface area contributed by atoms with Crippen molar-refractivity contribution in [1.29, 1.82) is 0 Å². The minimum absolute atomic E-state index is 0.0876. The average Bonchev–Trinajstić information content (AvgIpc) is 3.27. The second-order valence-corrected chi connectivity index (χ2v) is 18.5. The number of carbonyl (C=O) groups excluding carboxylic acids is 2. The van der Waals surface area contributed by atoms with E-state index in [2.05, 4.69) is 57.2 Å². The van der Waals surface area contributed by atoms with Gasteiger partial charge in [-0.05, 0) is 57.8 Å². The van der Waals surface area contributed by atoms with Crippen LogP contribution >= 0.6 is 0 Å². The summed E-state index contributed by atoms with van der Waals surface area (Å²) in [6, 6.07) is 0. The summed E-state index contributed by atoms with van der Waals surface area (Å²) in [7, 11) is 0. The molecule has 1 unspecified atom stereocenters. The van der Waals surface area contributed by atoms with Crippen LogP contribution in [0.2, 0.25) is 0 Å². The minimum Gasteiger partial charge on any atom is -0.462 e. The quantitative estimate of drug-likeness (QED) is 0.0346. The first kappa shape index (κ1) is 60.1. The zero-order valence-corrected chi connectivity index (χ0v) is 41.9. The Morgan fingerprint density at radius 1 is 0.355 bits per heavy atom. The molecule has 364 valence electrons. The Balaban J connectivity index is 4.20. The fraction of sp³-hybridized carbons (Fsp3) is 0.860. The van der Waals surface area contributed by atoms with E-state index in [1.807, 2.05) is 0 Å². The van der Waals surface area contributed by atoms with Crippen molar-refractivity contribution in [2.24, 2.45) is 0 Å². The highest BCUT2D eigenvalue weighted by atomic mass is 16.6. The second kappa shape index (κ2) is 53.5. The molecule has 0 aromatic rings.